The van der Waals surface area contributed by atoms with Crippen LogP contribution in [0.15, 0.2) is 18.2 Å². The first kappa shape index (κ1) is 14.4. The van der Waals surface area contributed by atoms with Crippen LogP contribution >= 0.6 is 0 Å². The molecule has 1 aromatic carbocycles. The summed E-state index contributed by atoms with van der Waals surface area (Å²) in [4.78, 5) is 12.5. The summed E-state index contributed by atoms with van der Waals surface area (Å²) in [5, 5.41) is 12.3. The van der Waals surface area contributed by atoms with E-state index in [9.17, 15) is 10.1 Å². The third kappa shape index (κ3) is 2.33. The van der Waals surface area contributed by atoms with E-state index in [1.165, 1.54) is 0 Å². The zero-order valence-corrected chi connectivity index (χ0v) is 13.1. The second kappa shape index (κ2) is 5.16. The van der Waals surface area contributed by atoms with Crippen LogP contribution in [-0.2, 0) is 4.79 Å². The number of hydrogen-bond donors (Lipinski definition) is 1. The lowest BCUT2D eigenvalue weighted by molar-refractivity contribution is -0.122. The summed E-state index contributed by atoms with van der Waals surface area (Å²) in [5.74, 6) is 0.722. The van der Waals surface area contributed by atoms with Gasteiger partial charge in [0.2, 0.25) is 5.91 Å². The number of fused-ring (bicyclic) bond motifs is 1. The van der Waals surface area contributed by atoms with E-state index in [1.807, 2.05) is 12.1 Å². The van der Waals surface area contributed by atoms with Crippen LogP contribution in [-0.4, -0.2) is 11.7 Å². The highest BCUT2D eigenvalue weighted by molar-refractivity contribution is 5.97. The van der Waals surface area contributed by atoms with Crippen LogP contribution < -0.4 is 14.8 Å². The Bertz CT molecular complexity index is 680. The highest BCUT2D eigenvalue weighted by Gasteiger charge is 2.44. The molecule has 5 nitrogen and oxygen atoms in total. The molecular weight excluding hydrogens is 292 g/mol. The molecule has 1 spiro atoms. The molecule has 23 heavy (non-hydrogen) atoms. The molecule has 5 heteroatoms. The minimum absolute atomic E-state index is 0.202. The SMILES string of the molecule is N#CC1(C(=O)Nc2ccc3c(c2)OC2(CCCC2)O3)CCCC1. The summed E-state index contributed by atoms with van der Waals surface area (Å²) in [7, 11) is 0. The van der Waals surface area contributed by atoms with Crippen molar-refractivity contribution in [2.45, 2.75) is 57.2 Å². The highest BCUT2D eigenvalue weighted by atomic mass is 16.7. The number of nitrogens with one attached hydrogen (secondary N) is 1. The van der Waals surface area contributed by atoms with Crippen molar-refractivity contribution in [2.75, 3.05) is 5.32 Å². The van der Waals surface area contributed by atoms with Gasteiger partial charge < -0.3 is 14.8 Å². The Morgan fingerprint density at radius 3 is 2.39 bits per heavy atom. The molecule has 0 bridgehead atoms. The lowest BCUT2D eigenvalue weighted by Crippen LogP contribution is -2.34. The van der Waals surface area contributed by atoms with Crippen LogP contribution in [0.25, 0.3) is 0 Å². The number of hydrogen-bond acceptors (Lipinski definition) is 4. The third-order valence-electron chi connectivity index (χ3n) is 5.26. The normalized spacial score (nSPS) is 22.9. The Morgan fingerprint density at radius 1 is 1.04 bits per heavy atom. The van der Waals surface area contributed by atoms with Gasteiger partial charge in [-0.1, -0.05) is 12.8 Å². The van der Waals surface area contributed by atoms with Crippen molar-refractivity contribution in [1.29, 1.82) is 5.26 Å². The highest BCUT2D eigenvalue weighted by Crippen LogP contribution is 2.47. The smallest absolute Gasteiger partial charge is 0.251 e. The molecule has 120 valence electrons. The van der Waals surface area contributed by atoms with Crippen molar-refractivity contribution < 1.29 is 14.3 Å². The molecule has 1 aromatic rings. The first-order valence-corrected chi connectivity index (χ1v) is 8.40. The van der Waals surface area contributed by atoms with Crippen molar-refractivity contribution in [3.8, 4) is 17.6 Å². The number of carbonyl (C=O) groups excluding carboxylic acids is 1. The molecule has 0 unspecified atom stereocenters. The molecule has 4 rings (SSSR count). The minimum atomic E-state index is -0.872. The summed E-state index contributed by atoms with van der Waals surface area (Å²) in [6.07, 6.45) is 7.19. The Kier molecular flexibility index (Phi) is 3.22. The second-order valence-electron chi connectivity index (χ2n) is 6.84. The third-order valence-corrected chi connectivity index (χ3v) is 5.26. The van der Waals surface area contributed by atoms with Gasteiger partial charge in [0, 0.05) is 24.6 Å². The van der Waals surface area contributed by atoms with Gasteiger partial charge in [0.1, 0.15) is 5.41 Å². The molecule has 0 aromatic heterocycles. The predicted molar refractivity (Wildman–Crippen MR) is 84.0 cm³/mol. The summed E-state index contributed by atoms with van der Waals surface area (Å²) >= 11 is 0. The van der Waals surface area contributed by atoms with E-state index in [2.05, 4.69) is 11.4 Å². The van der Waals surface area contributed by atoms with Crippen molar-refractivity contribution >= 4 is 11.6 Å². The lowest BCUT2D eigenvalue weighted by Gasteiger charge is -2.21. The predicted octanol–water partition coefficient (Wildman–Crippen LogP) is 3.75. The molecule has 3 aliphatic rings. The van der Waals surface area contributed by atoms with Gasteiger partial charge in [0.15, 0.2) is 11.5 Å². The fourth-order valence-electron chi connectivity index (χ4n) is 3.91. The summed E-state index contributed by atoms with van der Waals surface area (Å²) in [5.41, 5.74) is -0.211. The molecule has 2 saturated carbocycles. The molecule has 2 fully saturated rings. The molecule has 1 N–H and O–H groups in total. The first-order chi connectivity index (χ1) is 11.1. The standard InChI is InChI=1S/C18H20N2O3/c19-12-17(7-1-2-8-17)16(21)20-13-5-6-14-15(11-13)23-18(22-14)9-3-4-10-18/h5-6,11H,1-4,7-10H2,(H,20,21). The number of ether oxygens (including phenoxy) is 2. The summed E-state index contributed by atoms with van der Waals surface area (Å²) in [6, 6.07) is 7.68. The van der Waals surface area contributed by atoms with E-state index in [0.717, 1.165) is 44.3 Å². The zero-order chi connectivity index (χ0) is 15.9. The average molecular weight is 312 g/mol. The first-order valence-electron chi connectivity index (χ1n) is 8.40. The van der Waals surface area contributed by atoms with Gasteiger partial charge in [-0.25, -0.2) is 0 Å². The van der Waals surface area contributed by atoms with Gasteiger partial charge in [0.25, 0.3) is 5.79 Å². The summed E-state index contributed by atoms with van der Waals surface area (Å²) in [6.45, 7) is 0. The maximum absolute atomic E-state index is 12.5. The van der Waals surface area contributed by atoms with Gasteiger partial charge in [-0.05, 0) is 37.8 Å². The van der Waals surface area contributed by atoms with E-state index < -0.39 is 11.2 Å². The Labute approximate surface area is 135 Å². The average Bonchev–Trinajstić information content (AvgIpc) is 3.27. The number of nitriles is 1. The summed E-state index contributed by atoms with van der Waals surface area (Å²) < 4.78 is 12.0. The fraction of sp³-hybridized carbons (Fsp3) is 0.556. The molecule has 1 heterocycles. The molecule has 0 saturated heterocycles. The van der Waals surface area contributed by atoms with Crippen LogP contribution in [0.1, 0.15) is 51.4 Å². The number of nitrogens with zero attached hydrogens (tertiary/aromatic N) is 1. The quantitative estimate of drug-likeness (QED) is 0.902. The second-order valence-corrected chi connectivity index (χ2v) is 6.84. The number of benzene rings is 1. The number of rotatable bonds is 2. The molecular formula is C18H20N2O3. The van der Waals surface area contributed by atoms with Crippen LogP contribution in [0, 0.1) is 16.7 Å². The van der Waals surface area contributed by atoms with Crippen molar-refractivity contribution in [2.24, 2.45) is 5.41 Å². The van der Waals surface area contributed by atoms with Gasteiger partial charge >= 0.3 is 0 Å². The maximum atomic E-state index is 12.5. The van der Waals surface area contributed by atoms with E-state index in [-0.39, 0.29) is 5.91 Å². The van der Waals surface area contributed by atoms with Gasteiger partial charge in [0.05, 0.1) is 6.07 Å². The largest absolute Gasteiger partial charge is 0.448 e. The molecule has 1 amide bonds. The number of carbonyl (C=O) groups is 1. The topological polar surface area (TPSA) is 71.4 Å². The zero-order valence-electron chi connectivity index (χ0n) is 13.1. The van der Waals surface area contributed by atoms with Gasteiger partial charge in [-0.15, -0.1) is 0 Å². The van der Waals surface area contributed by atoms with E-state index in [0.29, 0.717) is 24.3 Å². The fourth-order valence-corrected chi connectivity index (χ4v) is 3.91. The number of anilines is 1. The van der Waals surface area contributed by atoms with Gasteiger partial charge in [-0.2, -0.15) is 5.26 Å². The van der Waals surface area contributed by atoms with Crippen molar-refractivity contribution in [3.05, 3.63) is 18.2 Å². The molecule has 2 aliphatic carbocycles. The lowest BCUT2D eigenvalue weighted by atomic mass is 9.87. The Hall–Kier alpha value is -2.22. The monoisotopic (exact) mass is 312 g/mol. The van der Waals surface area contributed by atoms with Gasteiger partial charge in [-0.3, -0.25) is 4.79 Å². The van der Waals surface area contributed by atoms with E-state index in [4.69, 9.17) is 9.47 Å². The van der Waals surface area contributed by atoms with Crippen LogP contribution in [0.3, 0.4) is 0 Å². The Balaban J connectivity index is 1.52. The van der Waals surface area contributed by atoms with E-state index >= 15 is 0 Å². The number of amides is 1. The van der Waals surface area contributed by atoms with Crippen molar-refractivity contribution in [3.63, 3.8) is 0 Å². The maximum Gasteiger partial charge on any atom is 0.251 e. The molecule has 1 aliphatic heterocycles. The van der Waals surface area contributed by atoms with Crippen molar-refractivity contribution in [1.82, 2.24) is 0 Å². The molecule has 0 radical (unpaired) electrons. The van der Waals surface area contributed by atoms with Crippen LogP contribution in [0.4, 0.5) is 5.69 Å². The van der Waals surface area contributed by atoms with Crippen LogP contribution in [0.5, 0.6) is 11.5 Å². The Morgan fingerprint density at radius 2 is 1.70 bits per heavy atom. The minimum Gasteiger partial charge on any atom is -0.448 e. The molecule has 0 atom stereocenters. The van der Waals surface area contributed by atoms with E-state index in [1.54, 1.807) is 6.07 Å². The van der Waals surface area contributed by atoms with Crippen LogP contribution in [0.2, 0.25) is 0 Å².